The fraction of sp³-hybridized carbons (Fsp3) is 0.391. The van der Waals surface area contributed by atoms with Crippen LogP contribution in [0.1, 0.15) is 19.9 Å². The molecule has 1 aromatic carbocycles. The molecule has 0 aliphatic carbocycles. The molecule has 1 amide bonds. The van der Waals surface area contributed by atoms with E-state index in [4.69, 9.17) is 21.1 Å². The summed E-state index contributed by atoms with van der Waals surface area (Å²) in [5, 5.41) is 11.0. The molecule has 1 aliphatic rings. The zero-order valence-electron chi connectivity index (χ0n) is 20.3. The summed E-state index contributed by atoms with van der Waals surface area (Å²) in [7, 11) is 1.31. The SMILES string of the molecule is COC(=O)NC1(CNc2nccc(-c3cn(C(C)C)nc3-c3cc(Cl)cc(NSC)c3F)n2)COC1. The smallest absolute Gasteiger partial charge is 0.407 e. The maximum absolute atomic E-state index is 15.5. The number of nitrogens with one attached hydrogen (secondary N) is 3. The Morgan fingerprint density at radius 1 is 1.36 bits per heavy atom. The molecule has 0 unspecified atom stereocenters. The van der Waals surface area contributed by atoms with E-state index in [0.29, 0.717) is 47.7 Å². The number of rotatable bonds is 9. The standard InChI is InChI=1S/C23H27ClFN7O3S/c1-13(2)32-9-16(20(30-32)15-7-14(24)8-18(19(15)25)31-36-4)17-5-6-26-21(28-17)27-10-23(11-35-12-23)29-22(33)34-3/h5-9,13,31H,10-12H2,1-4H3,(H,29,33)(H,26,27,28). The minimum atomic E-state index is -0.620. The van der Waals surface area contributed by atoms with Gasteiger partial charge in [0, 0.05) is 47.4 Å². The van der Waals surface area contributed by atoms with E-state index >= 15 is 4.39 Å². The molecular weight excluding hydrogens is 509 g/mol. The first-order valence-electron chi connectivity index (χ1n) is 11.1. The van der Waals surface area contributed by atoms with Crippen LogP contribution < -0.4 is 15.4 Å². The lowest BCUT2D eigenvalue weighted by atomic mass is 9.98. The van der Waals surface area contributed by atoms with Gasteiger partial charge in [-0.15, -0.1) is 0 Å². The van der Waals surface area contributed by atoms with Crippen molar-refractivity contribution in [3.8, 4) is 22.5 Å². The average Bonchev–Trinajstić information content (AvgIpc) is 3.28. The van der Waals surface area contributed by atoms with E-state index in [9.17, 15) is 4.79 Å². The van der Waals surface area contributed by atoms with Gasteiger partial charge in [-0.05, 0) is 32.0 Å². The third-order valence-corrected chi connectivity index (χ3v) is 6.23. The van der Waals surface area contributed by atoms with Crippen LogP contribution in [0, 0.1) is 5.82 Å². The van der Waals surface area contributed by atoms with Crippen LogP contribution in [-0.4, -0.2) is 64.5 Å². The third-order valence-electron chi connectivity index (χ3n) is 5.59. The highest BCUT2D eigenvalue weighted by Gasteiger charge is 2.40. The number of methoxy groups -OCH3 is 1. The van der Waals surface area contributed by atoms with Gasteiger partial charge in [0.25, 0.3) is 0 Å². The molecule has 1 aliphatic heterocycles. The second-order valence-corrected chi connectivity index (χ2v) is 9.64. The van der Waals surface area contributed by atoms with Gasteiger partial charge >= 0.3 is 6.09 Å². The highest BCUT2D eigenvalue weighted by Crippen LogP contribution is 2.37. The van der Waals surface area contributed by atoms with E-state index in [1.807, 2.05) is 20.0 Å². The van der Waals surface area contributed by atoms with Gasteiger partial charge in [0.05, 0.1) is 31.7 Å². The van der Waals surface area contributed by atoms with E-state index in [1.54, 1.807) is 29.3 Å². The van der Waals surface area contributed by atoms with E-state index in [1.165, 1.54) is 25.1 Å². The van der Waals surface area contributed by atoms with Crippen molar-refractivity contribution in [2.75, 3.05) is 43.2 Å². The van der Waals surface area contributed by atoms with Crippen molar-refractivity contribution in [2.24, 2.45) is 0 Å². The van der Waals surface area contributed by atoms with Crippen LogP contribution >= 0.6 is 23.5 Å². The van der Waals surface area contributed by atoms with E-state index in [-0.39, 0.29) is 17.3 Å². The van der Waals surface area contributed by atoms with Gasteiger partial charge in [-0.3, -0.25) is 4.68 Å². The summed E-state index contributed by atoms with van der Waals surface area (Å²) in [6.45, 7) is 4.96. The molecule has 1 saturated heterocycles. The number of benzene rings is 1. The largest absolute Gasteiger partial charge is 0.453 e. The number of nitrogens with zero attached hydrogens (tertiary/aromatic N) is 4. The highest BCUT2D eigenvalue weighted by atomic mass is 35.5. The fourth-order valence-electron chi connectivity index (χ4n) is 3.66. The molecule has 3 N–H and O–H groups in total. The molecule has 0 bridgehead atoms. The van der Waals surface area contributed by atoms with Crippen LogP contribution in [0.5, 0.6) is 0 Å². The fourth-order valence-corrected chi connectivity index (χ4v) is 4.25. The molecule has 10 nitrogen and oxygen atoms in total. The number of ether oxygens (including phenoxy) is 2. The average molecular weight is 536 g/mol. The first-order valence-corrected chi connectivity index (χ1v) is 12.7. The van der Waals surface area contributed by atoms with Crippen molar-refractivity contribution in [2.45, 2.75) is 25.4 Å². The summed E-state index contributed by atoms with van der Waals surface area (Å²) in [6, 6.07) is 4.85. The molecule has 1 fully saturated rings. The van der Waals surface area contributed by atoms with Crippen LogP contribution in [0.4, 0.5) is 20.8 Å². The lowest BCUT2D eigenvalue weighted by molar-refractivity contribution is -0.0639. The maximum Gasteiger partial charge on any atom is 0.407 e. The lowest BCUT2D eigenvalue weighted by Gasteiger charge is -2.41. The van der Waals surface area contributed by atoms with Gasteiger partial charge in [-0.1, -0.05) is 23.5 Å². The van der Waals surface area contributed by atoms with Crippen molar-refractivity contribution in [1.82, 2.24) is 25.1 Å². The second kappa shape index (κ2) is 10.9. The summed E-state index contributed by atoms with van der Waals surface area (Å²) < 4.78 is 30.1. The maximum atomic E-state index is 15.5. The Morgan fingerprint density at radius 3 is 2.78 bits per heavy atom. The molecule has 4 rings (SSSR count). The Hall–Kier alpha value is -3.09. The molecule has 2 aromatic heterocycles. The Morgan fingerprint density at radius 2 is 2.14 bits per heavy atom. The van der Waals surface area contributed by atoms with Crippen LogP contribution in [0.2, 0.25) is 5.02 Å². The molecule has 0 atom stereocenters. The van der Waals surface area contributed by atoms with Crippen molar-refractivity contribution in [3.05, 3.63) is 41.4 Å². The predicted octanol–water partition coefficient (Wildman–Crippen LogP) is 4.61. The van der Waals surface area contributed by atoms with Gasteiger partial charge in [-0.25, -0.2) is 19.2 Å². The predicted molar refractivity (Wildman–Crippen MR) is 139 cm³/mol. The molecule has 0 saturated carbocycles. The van der Waals surface area contributed by atoms with Crippen molar-refractivity contribution < 1.29 is 18.7 Å². The topological polar surface area (TPSA) is 115 Å². The molecule has 3 heterocycles. The summed E-state index contributed by atoms with van der Waals surface area (Å²) in [6.07, 6.45) is 4.69. The summed E-state index contributed by atoms with van der Waals surface area (Å²) in [5.41, 5.74) is 1.49. The summed E-state index contributed by atoms with van der Waals surface area (Å²) in [5.74, 6) is -0.123. The molecule has 0 radical (unpaired) electrons. The molecule has 0 spiro atoms. The summed E-state index contributed by atoms with van der Waals surface area (Å²) >= 11 is 7.58. The Kier molecular flexibility index (Phi) is 7.86. The van der Waals surface area contributed by atoms with Gasteiger partial charge in [-0.2, -0.15) is 5.10 Å². The number of hydrogen-bond donors (Lipinski definition) is 3. The van der Waals surface area contributed by atoms with Crippen molar-refractivity contribution in [3.63, 3.8) is 0 Å². The van der Waals surface area contributed by atoms with Gasteiger partial charge < -0.3 is 24.8 Å². The number of amides is 1. The number of hydrogen-bond acceptors (Lipinski definition) is 9. The van der Waals surface area contributed by atoms with Crippen LogP contribution in [0.15, 0.2) is 30.6 Å². The Labute approximate surface area is 217 Å². The zero-order valence-corrected chi connectivity index (χ0v) is 21.8. The molecular formula is C23H27ClFN7O3S. The summed E-state index contributed by atoms with van der Waals surface area (Å²) in [4.78, 5) is 20.6. The van der Waals surface area contributed by atoms with E-state index in [0.717, 1.165) is 0 Å². The molecule has 36 heavy (non-hydrogen) atoms. The van der Waals surface area contributed by atoms with Gasteiger partial charge in [0.15, 0.2) is 5.82 Å². The molecule has 13 heteroatoms. The second-order valence-electron chi connectivity index (χ2n) is 8.59. The van der Waals surface area contributed by atoms with Crippen molar-refractivity contribution >= 4 is 41.3 Å². The molecule has 192 valence electrons. The molecule has 3 aromatic rings. The Balaban J connectivity index is 1.68. The van der Waals surface area contributed by atoms with Gasteiger partial charge in [0.1, 0.15) is 11.2 Å². The zero-order chi connectivity index (χ0) is 25.9. The normalized spacial score (nSPS) is 14.3. The number of carbonyl (C=O) groups is 1. The lowest BCUT2D eigenvalue weighted by Crippen LogP contribution is -2.65. The number of alkyl carbamates (subject to hydrolysis) is 1. The Bertz CT molecular complexity index is 1250. The number of anilines is 2. The van der Waals surface area contributed by atoms with Crippen LogP contribution in [-0.2, 0) is 9.47 Å². The number of carbonyl (C=O) groups excluding carboxylic acids is 1. The van der Waals surface area contributed by atoms with Crippen molar-refractivity contribution in [1.29, 1.82) is 0 Å². The van der Waals surface area contributed by atoms with Crippen LogP contribution in [0.25, 0.3) is 22.5 Å². The minimum absolute atomic E-state index is 0.0332. The first-order chi connectivity index (χ1) is 17.2. The van der Waals surface area contributed by atoms with Crippen LogP contribution in [0.3, 0.4) is 0 Å². The number of aromatic nitrogens is 4. The third kappa shape index (κ3) is 5.50. The van der Waals surface area contributed by atoms with Gasteiger partial charge in [0.2, 0.25) is 5.95 Å². The van der Waals surface area contributed by atoms with E-state index < -0.39 is 17.4 Å². The minimum Gasteiger partial charge on any atom is -0.453 e. The highest BCUT2D eigenvalue weighted by molar-refractivity contribution is 7.99. The van der Waals surface area contributed by atoms with E-state index in [2.05, 4.69) is 30.4 Å². The quantitative estimate of drug-likeness (QED) is 0.338. The first kappa shape index (κ1) is 26.0. The monoisotopic (exact) mass is 535 g/mol. The number of halogens is 2.